The number of thiazole rings is 1. The lowest BCUT2D eigenvalue weighted by Gasteiger charge is -2.07. The van der Waals surface area contributed by atoms with Crippen LogP contribution in [-0.2, 0) is 10.0 Å². The van der Waals surface area contributed by atoms with Crippen molar-refractivity contribution in [1.29, 1.82) is 0 Å². The number of benzene rings is 2. The van der Waals surface area contributed by atoms with Gasteiger partial charge in [0.25, 0.3) is 5.91 Å². The Bertz CT molecular complexity index is 1050. The fourth-order valence-corrected chi connectivity index (χ4v) is 3.92. The van der Waals surface area contributed by atoms with E-state index in [4.69, 9.17) is 4.74 Å². The van der Waals surface area contributed by atoms with Crippen LogP contribution in [0.15, 0.2) is 54.6 Å². The lowest BCUT2D eigenvalue weighted by molar-refractivity contribution is 0.103. The van der Waals surface area contributed by atoms with Gasteiger partial charge >= 0.3 is 0 Å². The Morgan fingerprint density at radius 1 is 1.04 bits per heavy atom. The van der Waals surface area contributed by atoms with E-state index < -0.39 is 10.0 Å². The Balaban J connectivity index is 1.67. The van der Waals surface area contributed by atoms with Gasteiger partial charge in [0.15, 0.2) is 5.13 Å². The number of aromatic nitrogens is 1. The van der Waals surface area contributed by atoms with Crippen molar-refractivity contribution in [1.82, 2.24) is 4.98 Å². The van der Waals surface area contributed by atoms with Crippen LogP contribution in [0.5, 0.6) is 11.5 Å². The Morgan fingerprint density at radius 3 is 2.30 bits per heavy atom. The monoisotopic (exact) mass is 403 g/mol. The molecule has 2 aromatic carbocycles. The number of para-hydroxylation sites is 1. The minimum atomic E-state index is -3.44. The zero-order chi connectivity index (χ0) is 19.4. The molecule has 1 aromatic heterocycles. The van der Waals surface area contributed by atoms with Gasteiger partial charge in [-0.25, -0.2) is 13.4 Å². The van der Waals surface area contributed by atoms with Crippen LogP contribution < -0.4 is 14.8 Å². The Kier molecular flexibility index (Phi) is 5.43. The highest BCUT2D eigenvalue weighted by Gasteiger charge is 2.17. The third-order valence-electron chi connectivity index (χ3n) is 3.37. The van der Waals surface area contributed by atoms with Crippen LogP contribution in [-0.4, -0.2) is 25.6 Å². The molecule has 3 rings (SSSR count). The zero-order valence-corrected chi connectivity index (χ0v) is 16.2. The van der Waals surface area contributed by atoms with Gasteiger partial charge in [-0.15, -0.1) is 0 Å². The first-order valence-corrected chi connectivity index (χ1v) is 10.6. The summed E-state index contributed by atoms with van der Waals surface area (Å²) in [6.07, 6.45) is 1.03. The van der Waals surface area contributed by atoms with Crippen molar-refractivity contribution in [2.45, 2.75) is 6.92 Å². The van der Waals surface area contributed by atoms with E-state index >= 15 is 0 Å². The number of amides is 1. The van der Waals surface area contributed by atoms with Crippen LogP contribution in [0.25, 0.3) is 0 Å². The number of aryl methyl sites for hydroxylation is 1. The number of carbonyl (C=O) groups excluding carboxylic acids is 1. The van der Waals surface area contributed by atoms with E-state index in [1.165, 1.54) is 0 Å². The molecule has 1 amide bonds. The van der Waals surface area contributed by atoms with Crippen molar-refractivity contribution in [2.75, 3.05) is 16.3 Å². The van der Waals surface area contributed by atoms with Crippen LogP contribution in [0.4, 0.5) is 10.8 Å². The summed E-state index contributed by atoms with van der Waals surface area (Å²) in [5.74, 6) is 1.01. The van der Waals surface area contributed by atoms with Crippen molar-refractivity contribution in [3.05, 3.63) is 65.2 Å². The van der Waals surface area contributed by atoms with Crippen molar-refractivity contribution in [3.63, 3.8) is 0 Å². The van der Waals surface area contributed by atoms with E-state index in [-0.39, 0.29) is 11.0 Å². The molecule has 2 N–H and O–H groups in total. The standard InChI is InChI=1S/C18H17N3O4S2/c1-12-16(26-18(19-12)21-27(2,23)24)17(22)20-13-8-10-15(11-9-13)25-14-6-4-3-5-7-14/h3-11H,1-2H3,(H,19,21)(H,20,22). The maximum Gasteiger partial charge on any atom is 0.267 e. The molecular weight excluding hydrogens is 386 g/mol. The summed E-state index contributed by atoms with van der Waals surface area (Å²) in [6, 6.07) is 16.3. The second-order valence-corrected chi connectivity index (χ2v) is 8.45. The Labute approximate surface area is 161 Å². The summed E-state index contributed by atoms with van der Waals surface area (Å²) in [5, 5.41) is 2.92. The number of nitrogens with zero attached hydrogens (tertiary/aromatic N) is 1. The SMILES string of the molecule is Cc1nc(NS(C)(=O)=O)sc1C(=O)Nc1ccc(Oc2ccccc2)cc1. The number of sulfonamides is 1. The first kappa shape index (κ1) is 18.9. The zero-order valence-electron chi connectivity index (χ0n) is 14.6. The summed E-state index contributed by atoms with van der Waals surface area (Å²) >= 11 is 0.981. The number of ether oxygens (including phenoxy) is 1. The third-order valence-corrected chi connectivity index (χ3v) is 5.13. The largest absolute Gasteiger partial charge is 0.457 e. The summed E-state index contributed by atoms with van der Waals surface area (Å²) in [5.41, 5.74) is 1.04. The number of hydrogen-bond donors (Lipinski definition) is 2. The van der Waals surface area contributed by atoms with E-state index in [0.717, 1.165) is 23.3 Å². The average Bonchev–Trinajstić information content (AvgIpc) is 2.96. The van der Waals surface area contributed by atoms with Crippen LogP contribution in [0, 0.1) is 6.92 Å². The van der Waals surface area contributed by atoms with E-state index in [1.54, 1.807) is 31.2 Å². The average molecular weight is 403 g/mol. The molecule has 0 aliphatic heterocycles. The van der Waals surface area contributed by atoms with E-state index in [0.29, 0.717) is 22.0 Å². The molecule has 0 aliphatic carbocycles. The molecule has 0 saturated carbocycles. The fourth-order valence-electron chi connectivity index (χ4n) is 2.23. The van der Waals surface area contributed by atoms with Gasteiger partial charge in [-0.3, -0.25) is 9.52 Å². The minimum absolute atomic E-state index is 0.159. The molecule has 0 unspecified atom stereocenters. The fraction of sp³-hybridized carbons (Fsp3) is 0.111. The summed E-state index contributed by atoms with van der Waals surface area (Å²) in [7, 11) is -3.44. The number of nitrogens with one attached hydrogen (secondary N) is 2. The molecule has 0 radical (unpaired) electrons. The molecule has 0 bridgehead atoms. The number of hydrogen-bond acceptors (Lipinski definition) is 6. The van der Waals surface area contributed by atoms with E-state index in [9.17, 15) is 13.2 Å². The van der Waals surface area contributed by atoms with Crippen LogP contribution in [0.1, 0.15) is 15.4 Å². The van der Waals surface area contributed by atoms with Crippen molar-refractivity contribution in [2.24, 2.45) is 0 Å². The molecule has 140 valence electrons. The first-order chi connectivity index (χ1) is 12.8. The molecule has 3 aromatic rings. The summed E-state index contributed by atoms with van der Waals surface area (Å²) < 4.78 is 30.6. The molecule has 9 heteroatoms. The van der Waals surface area contributed by atoms with Gasteiger partial charge < -0.3 is 10.1 Å². The summed E-state index contributed by atoms with van der Waals surface area (Å²) in [4.78, 5) is 16.8. The Morgan fingerprint density at radius 2 is 1.67 bits per heavy atom. The Hall–Kier alpha value is -2.91. The van der Waals surface area contributed by atoms with Gasteiger partial charge in [-0.1, -0.05) is 29.5 Å². The summed E-state index contributed by atoms with van der Waals surface area (Å²) in [6.45, 7) is 1.65. The molecule has 0 fully saturated rings. The molecule has 7 nitrogen and oxygen atoms in total. The maximum atomic E-state index is 12.4. The molecule has 27 heavy (non-hydrogen) atoms. The molecule has 0 spiro atoms. The van der Waals surface area contributed by atoms with Crippen molar-refractivity contribution < 1.29 is 17.9 Å². The number of rotatable bonds is 6. The highest BCUT2D eigenvalue weighted by Crippen LogP contribution is 2.26. The van der Waals surface area contributed by atoms with Crippen LogP contribution >= 0.6 is 11.3 Å². The highest BCUT2D eigenvalue weighted by atomic mass is 32.2. The second-order valence-electron chi connectivity index (χ2n) is 5.70. The quantitative estimate of drug-likeness (QED) is 0.651. The lowest BCUT2D eigenvalue weighted by atomic mass is 10.3. The molecule has 0 saturated heterocycles. The van der Waals surface area contributed by atoms with Gasteiger partial charge in [0.1, 0.15) is 16.4 Å². The minimum Gasteiger partial charge on any atom is -0.457 e. The normalized spacial score (nSPS) is 11.0. The maximum absolute atomic E-state index is 12.4. The van der Waals surface area contributed by atoms with E-state index in [2.05, 4.69) is 15.0 Å². The van der Waals surface area contributed by atoms with Crippen molar-refractivity contribution >= 4 is 38.1 Å². The van der Waals surface area contributed by atoms with Gasteiger partial charge in [-0.05, 0) is 43.3 Å². The van der Waals surface area contributed by atoms with Crippen LogP contribution in [0.3, 0.4) is 0 Å². The van der Waals surface area contributed by atoms with Gasteiger partial charge in [0.05, 0.1) is 11.9 Å². The highest BCUT2D eigenvalue weighted by molar-refractivity contribution is 7.92. The number of anilines is 2. The molecule has 1 heterocycles. The topological polar surface area (TPSA) is 97.4 Å². The molecule has 0 atom stereocenters. The number of carbonyl (C=O) groups is 1. The van der Waals surface area contributed by atoms with Crippen molar-refractivity contribution in [3.8, 4) is 11.5 Å². The van der Waals surface area contributed by atoms with Gasteiger partial charge in [-0.2, -0.15) is 0 Å². The predicted molar refractivity (Wildman–Crippen MR) is 106 cm³/mol. The lowest BCUT2D eigenvalue weighted by Crippen LogP contribution is -2.11. The first-order valence-electron chi connectivity index (χ1n) is 7.90. The molecule has 0 aliphatic rings. The van der Waals surface area contributed by atoms with E-state index in [1.807, 2.05) is 30.3 Å². The van der Waals surface area contributed by atoms with Gasteiger partial charge in [0, 0.05) is 5.69 Å². The smallest absolute Gasteiger partial charge is 0.267 e. The van der Waals surface area contributed by atoms with Gasteiger partial charge in [0.2, 0.25) is 10.0 Å². The second kappa shape index (κ2) is 7.77. The third kappa shape index (κ3) is 5.28. The van der Waals surface area contributed by atoms with Crippen LogP contribution in [0.2, 0.25) is 0 Å². The molecular formula is C18H17N3O4S2. The predicted octanol–water partition coefficient (Wildman–Crippen LogP) is 3.87.